The van der Waals surface area contributed by atoms with E-state index in [-0.39, 0.29) is 15.5 Å². The predicted molar refractivity (Wildman–Crippen MR) is 113 cm³/mol. The van der Waals surface area contributed by atoms with Crippen LogP contribution in [0.1, 0.15) is 19.4 Å². The molecule has 0 amide bonds. The Labute approximate surface area is 168 Å². The fourth-order valence-electron chi connectivity index (χ4n) is 2.78. The van der Waals surface area contributed by atoms with Crippen LogP contribution >= 0.6 is 0 Å². The lowest BCUT2D eigenvalue weighted by Crippen LogP contribution is -2.30. The SMILES string of the molecule is CCN(CC)S(=O)(=O)c1ccc(N(C)C)c(NS(=O)(=O)c2ccc(C)cc2)c1. The Hall–Kier alpha value is -2.10. The molecular weight excluding hydrogens is 398 g/mol. The van der Waals surface area contributed by atoms with Gasteiger partial charge in [0.05, 0.1) is 21.2 Å². The number of sulfonamides is 2. The average molecular weight is 426 g/mol. The van der Waals surface area contributed by atoms with E-state index in [2.05, 4.69) is 4.72 Å². The molecule has 0 atom stereocenters. The van der Waals surface area contributed by atoms with Crippen molar-refractivity contribution in [2.45, 2.75) is 30.6 Å². The summed E-state index contributed by atoms with van der Waals surface area (Å²) in [4.78, 5) is 1.88. The van der Waals surface area contributed by atoms with Crippen molar-refractivity contribution in [2.24, 2.45) is 0 Å². The van der Waals surface area contributed by atoms with E-state index in [0.717, 1.165) is 5.56 Å². The van der Waals surface area contributed by atoms with E-state index in [4.69, 9.17) is 0 Å². The maximum Gasteiger partial charge on any atom is 0.261 e. The fourth-order valence-corrected chi connectivity index (χ4v) is 5.33. The predicted octanol–water partition coefficient (Wildman–Crippen LogP) is 2.89. The van der Waals surface area contributed by atoms with Gasteiger partial charge >= 0.3 is 0 Å². The maximum atomic E-state index is 12.8. The van der Waals surface area contributed by atoms with Crippen molar-refractivity contribution in [2.75, 3.05) is 36.8 Å². The van der Waals surface area contributed by atoms with Crippen LogP contribution in [0.2, 0.25) is 0 Å². The van der Waals surface area contributed by atoms with E-state index in [0.29, 0.717) is 18.8 Å². The van der Waals surface area contributed by atoms with Gasteiger partial charge in [0.25, 0.3) is 10.0 Å². The zero-order chi connectivity index (χ0) is 21.1. The third kappa shape index (κ3) is 4.65. The molecule has 0 heterocycles. The molecule has 7 nitrogen and oxygen atoms in total. The minimum atomic E-state index is -3.86. The monoisotopic (exact) mass is 425 g/mol. The van der Waals surface area contributed by atoms with E-state index < -0.39 is 20.0 Å². The van der Waals surface area contributed by atoms with Crippen LogP contribution in [0.25, 0.3) is 0 Å². The first kappa shape index (κ1) is 22.2. The van der Waals surface area contributed by atoms with Gasteiger partial charge in [0, 0.05) is 27.2 Å². The Kier molecular flexibility index (Phi) is 6.74. The summed E-state index contributed by atoms with van der Waals surface area (Å²) in [5.74, 6) is 0. The molecule has 0 bridgehead atoms. The first-order valence-corrected chi connectivity index (χ1v) is 11.9. The van der Waals surface area contributed by atoms with Crippen LogP contribution in [-0.4, -0.2) is 48.3 Å². The summed E-state index contributed by atoms with van der Waals surface area (Å²) in [5, 5.41) is 0. The van der Waals surface area contributed by atoms with Gasteiger partial charge in [-0.1, -0.05) is 31.5 Å². The van der Waals surface area contributed by atoms with Crippen LogP contribution in [0.5, 0.6) is 0 Å². The van der Waals surface area contributed by atoms with Gasteiger partial charge in [-0.05, 0) is 37.3 Å². The number of hydrogen-bond donors (Lipinski definition) is 1. The van der Waals surface area contributed by atoms with Gasteiger partial charge in [-0.3, -0.25) is 4.72 Å². The highest BCUT2D eigenvalue weighted by Crippen LogP contribution is 2.31. The van der Waals surface area contributed by atoms with Crippen molar-refractivity contribution in [1.82, 2.24) is 4.31 Å². The molecule has 0 fully saturated rings. The molecule has 0 saturated carbocycles. The van der Waals surface area contributed by atoms with Crippen LogP contribution < -0.4 is 9.62 Å². The highest BCUT2D eigenvalue weighted by Gasteiger charge is 2.24. The summed E-state index contributed by atoms with van der Waals surface area (Å²) in [6.07, 6.45) is 0. The Balaban J connectivity index is 2.54. The minimum absolute atomic E-state index is 0.0448. The Bertz CT molecular complexity index is 1030. The molecule has 0 aliphatic rings. The average Bonchev–Trinajstić information content (AvgIpc) is 2.62. The summed E-state index contributed by atoms with van der Waals surface area (Å²) < 4.78 is 55.2. The molecular formula is C19H27N3O4S2. The van der Waals surface area contributed by atoms with Gasteiger partial charge in [0.1, 0.15) is 0 Å². The van der Waals surface area contributed by atoms with Gasteiger partial charge in [0.2, 0.25) is 10.0 Å². The molecule has 0 radical (unpaired) electrons. The van der Waals surface area contributed by atoms with Gasteiger partial charge in [0.15, 0.2) is 0 Å². The van der Waals surface area contributed by atoms with Crippen LogP contribution in [0.4, 0.5) is 11.4 Å². The third-order valence-electron chi connectivity index (χ3n) is 4.37. The first-order valence-electron chi connectivity index (χ1n) is 8.94. The standard InChI is InChI=1S/C19H27N3O4S2/c1-6-22(7-2)28(25,26)17-12-13-19(21(4)5)18(14-17)20-27(23,24)16-10-8-15(3)9-11-16/h8-14,20H,6-7H2,1-5H3. The lowest BCUT2D eigenvalue weighted by Gasteiger charge is -2.22. The second kappa shape index (κ2) is 8.50. The second-order valence-corrected chi connectivity index (χ2v) is 10.2. The normalized spacial score (nSPS) is 12.2. The number of anilines is 2. The number of hydrogen-bond acceptors (Lipinski definition) is 5. The second-order valence-electron chi connectivity index (χ2n) is 6.58. The van der Waals surface area contributed by atoms with Gasteiger partial charge in [-0.15, -0.1) is 0 Å². The molecule has 0 aliphatic heterocycles. The van der Waals surface area contributed by atoms with Crippen LogP contribution in [0.3, 0.4) is 0 Å². The minimum Gasteiger partial charge on any atom is -0.376 e. The zero-order valence-corrected chi connectivity index (χ0v) is 18.4. The summed E-state index contributed by atoms with van der Waals surface area (Å²) in [5.41, 5.74) is 1.72. The largest absolute Gasteiger partial charge is 0.376 e. The third-order valence-corrected chi connectivity index (χ3v) is 7.80. The molecule has 0 aliphatic carbocycles. The van der Waals surface area contributed by atoms with Crippen molar-refractivity contribution in [1.29, 1.82) is 0 Å². The molecule has 9 heteroatoms. The van der Waals surface area contributed by atoms with E-state index in [1.54, 1.807) is 51.0 Å². The lowest BCUT2D eigenvalue weighted by molar-refractivity contribution is 0.445. The quantitative estimate of drug-likeness (QED) is 0.703. The molecule has 154 valence electrons. The fraction of sp³-hybridized carbons (Fsp3) is 0.368. The van der Waals surface area contributed by atoms with Gasteiger partial charge < -0.3 is 4.90 Å². The number of nitrogens with one attached hydrogen (secondary N) is 1. The molecule has 0 aromatic heterocycles. The molecule has 28 heavy (non-hydrogen) atoms. The van der Waals surface area contributed by atoms with Crippen molar-refractivity contribution in [3.05, 3.63) is 48.0 Å². The Morgan fingerprint density at radius 1 is 0.857 bits per heavy atom. The maximum absolute atomic E-state index is 12.8. The molecule has 2 rings (SSSR count). The number of rotatable bonds is 8. The van der Waals surface area contributed by atoms with Crippen LogP contribution in [-0.2, 0) is 20.0 Å². The number of benzene rings is 2. The van der Waals surface area contributed by atoms with E-state index in [1.165, 1.54) is 28.6 Å². The molecule has 0 unspecified atom stereocenters. The van der Waals surface area contributed by atoms with E-state index in [1.807, 2.05) is 6.92 Å². The Morgan fingerprint density at radius 3 is 1.89 bits per heavy atom. The summed E-state index contributed by atoms with van der Waals surface area (Å²) in [6, 6.07) is 10.9. The smallest absolute Gasteiger partial charge is 0.261 e. The van der Waals surface area contributed by atoms with Crippen LogP contribution in [0, 0.1) is 6.92 Å². The summed E-state index contributed by atoms with van der Waals surface area (Å²) in [7, 11) is -4.05. The van der Waals surface area contributed by atoms with Crippen molar-refractivity contribution in [3.63, 3.8) is 0 Å². The molecule has 2 aromatic carbocycles. The van der Waals surface area contributed by atoms with E-state index >= 15 is 0 Å². The Morgan fingerprint density at radius 2 is 1.39 bits per heavy atom. The first-order chi connectivity index (χ1) is 13.0. The highest BCUT2D eigenvalue weighted by molar-refractivity contribution is 7.92. The zero-order valence-electron chi connectivity index (χ0n) is 16.8. The number of nitrogens with zero attached hydrogens (tertiary/aromatic N) is 2. The number of aryl methyl sites for hydroxylation is 1. The molecule has 1 N–H and O–H groups in total. The summed E-state index contributed by atoms with van der Waals surface area (Å²) >= 11 is 0. The van der Waals surface area contributed by atoms with Gasteiger partial charge in [-0.25, -0.2) is 16.8 Å². The van der Waals surface area contributed by atoms with Crippen molar-refractivity contribution in [3.8, 4) is 0 Å². The lowest BCUT2D eigenvalue weighted by atomic mass is 10.2. The molecule has 2 aromatic rings. The topological polar surface area (TPSA) is 86.8 Å². The van der Waals surface area contributed by atoms with Gasteiger partial charge in [-0.2, -0.15) is 4.31 Å². The van der Waals surface area contributed by atoms with E-state index in [9.17, 15) is 16.8 Å². The highest BCUT2D eigenvalue weighted by atomic mass is 32.2. The molecule has 0 saturated heterocycles. The summed E-state index contributed by atoms with van der Waals surface area (Å²) in [6.45, 7) is 6.05. The van der Waals surface area contributed by atoms with Crippen molar-refractivity contribution < 1.29 is 16.8 Å². The van der Waals surface area contributed by atoms with Crippen molar-refractivity contribution >= 4 is 31.4 Å². The van der Waals surface area contributed by atoms with Crippen LogP contribution in [0.15, 0.2) is 52.3 Å². The molecule has 0 spiro atoms.